The molecule has 35 heavy (non-hydrogen) atoms. The lowest BCUT2D eigenvalue weighted by atomic mass is 10.1. The number of carboxylic acids is 1. The van der Waals surface area contributed by atoms with Gasteiger partial charge in [-0.1, -0.05) is 12.2 Å². The van der Waals surface area contributed by atoms with E-state index in [1.54, 1.807) is 30.6 Å². The van der Waals surface area contributed by atoms with E-state index in [4.69, 9.17) is 9.84 Å². The molecule has 9 nitrogen and oxygen atoms in total. The molecule has 0 bridgehead atoms. The van der Waals surface area contributed by atoms with E-state index in [0.29, 0.717) is 17.3 Å². The largest absolute Gasteiger partial charge is 0.497 e. The van der Waals surface area contributed by atoms with Crippen LogP contribution in [0, 0.1) is 0 Å². The summed E-state index contributed by atoms with van der Waals surface area (Å²) in [4.78, 5) is 24.7. The van der Waals surface area contributed by atoms with Crippen LogP contribution in [0.5, 0.6) is 5.75 Å². The van der Waals surface area contributed by atoms with E-state index in [-0.39, 0.29) is 12.2 Å². The lowest BCUT2D eigenvalue weighted by molar-refractivity contribution is 0.0696. The van der Waals surface area contributed by atoms with Crippen LogP contribution in [-0.4, -0.2) is 77.5 Å². The molecule has 1 aliphatic rings. The van der Waals surface area contributed by atoms with Gasteiger partial charge in [0.15, 0.2) is 0 Å². The van der Waals surface area contributed by atoms with E-state index in [1.807, 2.05) is 18.2 Å². The molecule has 0 radical (unpaired) electrons. The highest BCUT2D eigenvalue weighted by Gasteiger charge is 2.16. The van der Waals surface area contributed by atoms with Gasteiger partial charge in [0.05, 0.1) is 19.3 Å². The van der Waals surface area contributed by atoms with Crippen molar-refractivity contribution in [3.05, 3.63) is 71.5 Å². The van der Waals surface area contributed by atoms with Gasteiger partial charge in [-0.3, -0.25) is 4.90 Å². The minimum atomic E-state index is -1.01. The monoisotopic (exact) mass is 475 g/mol. The van der Waals surface area contributed by atoms with Crippen molar-refractivity contribution in [1.29, 1.82) is 0 Å². The summed E-state index contributed by atoms with van der Waals surface area (Å²) in [6.07, 6.45) is 7.01. The standard InChI is InChI=1S/C26H29N5O4/c1-35-24-15-19(14-21(16-24)25(33)34)2-3-20-17-27-26(28-18-20)29-22-4-6-23(7-5-22)31-10-8-30(9-11-31)12-13-32/h2-7,14-18,32H,8-13H2,1H3,(H,33,34)(H,27,28,29). The molecule has 0 atom stereocenters. The van der Waals surface area contributed by atoms with Crippen molar-refractivity contribution in [1.82, 2.24) is 14.9 Å². The number of rotatable bonds is 9. The summed E-state index contributed by atoms with van der Waals surface area (Å²) < 4.78 is 5.18. The van der Waals surface area contributed by atoms with E-state index in [1.165, 1.54) is 18.9 Å². The van der Waals surface area contributed by atoms with Gasteiger partial charge in [-0.2, -0.15) is 0 Å². The number of aliphatic hydroxyl groups excluding tert-OH is 1. The van der Waals surface area contributed by atoms with Crippen LogP contribution in [0.1, 0.15) is 21.5 Å². The Labute approximate surface area is 204 Å². The van der Waals surface area contributed by atoms with E-state index >= 15 is 0 Å². The number of β-amino-alcohol motifs (C(OH)–C–C–N with tert-alkyl or cyclic N) is 1. The number of methoxy groups -OCH3 is 1. The van der Waals surface area contributed by atoms with Crippen LogP contribution in [0.3, 0.4) is 0 Å². The summed E-state index contributed by atoms with van der Waals surface area (Å²) in [6, 6.07) is 13.0. The number of piperazine rings is 1. The van der Waals surface area contributed by atoms with Gasteiger partial charge in [0.2, 0.25) is 5.95 Å². The van der Waals surface area contributed by atoms with E-state index in [0.717, 1.165) is 44.0 Å². The number of hydrogen-bond acceptors (Lipinski definition) is 8. The molecule has 182 valence electrons. The maximum Gasteiger partial charge on any atom is 0.335 e. The van der Waals surface area contributed by atoms with Gasteiger partial charge >= 0.3 is 5.97 Å². The number of aromatic carboxylic acids is 1. The minimum Gasteiger partial charge on any atom is -0.497 e. The summed E-state index contributed by atoms with van der Waals surface area (Å²) in [6.45, 7) is 4.73. The third kappa shape index (κ3) is 6.56. The summed E-state index contributed by atoms with van der Waals surface area (Å²) in [5, 5.41) is 21.6. The van der Waals surface area contributed by atoms with Gasteiger partial charge in [0.25, 0.3) is 0 Å². The second-order valence-electron chi connectivity index (χ2n) is 8.20. The van der Waals surface area contributed by atoms with Crippen molar-refractivity contribution in [2.75, 3.05) is 56.7 Å². The van der Waals surface area contributed by atoms with Crippen molar-refractivity contribution in [3.63, 3.8) is 0 Å². The third-order valence-corrected chi connectivity index (χ3v) is 5.83. The first-order valence-corrected chi connectivity index (χ1v) is 11.4. The zero-order valence-corrected chi connectivity index (χ0v) is 19.6. The van der Waals surface area contributed by atoms with Gasteiger partial charge in [0, 0.05) is 62.1 Å². The van der Waals surface area contributed by atoms with Crippen LogP contribution >= 0.6 is 0 Å². The molecule has 3 aromatic rings. The predicted octanol–water partition coefficient (Wildman–Crippen LogP) is 3.21. The zero-order valence-electron chi connectivity index (χ0n) is 19.6. The summed E-state index contributed by atoms with van der Waals surface area (Å²) >= 11 is 0. The third-order valence-electron chi connectivity index (χ3n) is 5.83. The average Bonchev–Trinajstić information content (AvgIpc) is 2.89. The van der Waals surface area contributed by atoms with E-state index < -0.39 is 5.97 Å². The number of aromatic nitrogens is 2. The Balaban J connectivity index is 1.35. The second-order valence-corrected chi connectivity index (χ2v) is 8.20. The van der Waals surface area contributed by atoms with Crippen LogP contribution in [0.4, 0.5) is 17.3 Å². The quantitative estimate of drug-likeness (QED) is 0.430. The molecule has 1 saturated heterocycles. The molecule has 3 N–H and O–H groups in total. The van der Waals surface area contributed by atoms with Gasteiger partial charge < -0.3 is 25.2 Å². The lowest BCUT2D eigenvalue weighted by Crippen LogP contribution is -2.47. The average molecular weight is 476 g/mol. The Hall–Kier alpha value is -3.95. The number of nitrogens with one attached hydrogen (secondary N) is 1. The lowest BCUT2D eigenvalue weighted by Gasteiger charge is -2.35. The SMILES string of the molecule is COc1cc(C=Cc2cnc(Nc3ccc(N4CCN(CCO)CC4)cc3)nc2)cc(C(=O)O)c1. The number of anilines is 3. The summed E-state index contributed by atoms with van der Waals surface area (Å²) in [5.41, 5.74) is 3.72. The molecule has 0 spiro atoms. The second kappa shape index (κ2) is 11.5. The van der Waals surface area contributed by atoms with Crippen molar-refractivity contribution in [2.45, 2.75) is 0 Å². The van der Waals surface area contributed by atoms with Gasteiger partial charge in [-0.15, -0.1) is 0 Å². The predicted molar refractivity (Wildman–Crippen MR) is 136 cm³/mol. The maximum absolute atomic E-state index is 11.3. The molecule has 1 fully saturated rings. The number of hydrogen-bond donors (Lipinski definition) is 3. The molecule has 0 aliphatic carbocycles. The molecule has 2 aromatic carbocycles. The van der Waals surface area contributed by atoms with Crippen molar-refractivity contribution in [2.24, 2.45) is 0 Å². The molecule has 2 heterocycles. The van der Waals surface area contributed by atoms with Crippen LogP contribution in [0.2, 0.25) is 0 Å². The highest BCUT2D eigenvalue weighted by Crippen LogP contribution is 2.22. The van der Waals surface area contributed by atoms with Crippen molar-refractivity contribution < 1.29 is 19.7 Å². The van der Waals surface area contributed by atoms with Gasteiger partial charge in [0.1, 0.15) is 5.75 Å². The topological polar surface area (TPSA) is 111 Å². The Morgan fingerprint density at radius 1 is 1.03 bits per heavy atom. The maximum atomic E-state index is 11.3. The van der Waals surface area contributed by atoms with Crippen LogP contribution in [0.15, 0.2) is 54.9 Å². The molecular weight excluding hydrogens is 446 g/mol. The van der Waals surface area contributed by atoms with Gasteiger partial charge in [-0.25, -0.2) is 14.8 Å². The normalized spacial score (nSPS) is 14.3. The van der Waals surface area contributed by atoms with E-state index in [9.17, 15) is 9.90 Å². The van der Waals surface area contributed by atoms with Crippen LogP contribution < -0.4 is 15.0 Å². The number of carboxylic acid groups (broad SMARTS) is 1. The van der Waals surface area contributed by atoms with Crippen molar-refractivity contribution >= 4 is 35.4 Å². The fraction of sp³-hybridized carbons (Fsp3) is 0.269. The molecule has 0 amide bonds. The van der Waals surface area contributed by atoms with Crippen LogP contribution in [-0.2, 0) is 0 Å². The Morgan fingerprint density at radius 2 is 1.71 bits per heavy atom. The number of benzene rings is 2. The molecule has 9 heteroatoms. The fourth-order valence-electron chi connectivity index (χ4n) is 3.90. The number of nitrogens with zero attached hydrogens (tertiary/aromatic N) is 4. The molecular formula is C26H29N5O4. The Morgan fingerprint density at radius 3 is 2.34 bits per heavy atom. The number of carbonyl (C=O) groups is 1. The smallest absolute Gasteiger partial charge is 0.335 e. The first-order valence-electron chi connectivity index (χ1n) is 11.4. The zero-order chi connectivity index (χ0) is 24.6. The number of ether oxygens (including phenoxy) is 1. The first kappa shape index (κ1) is 24.2. The minimum absolute atomic E-state index is 0.162. The Bertz CT molecular complexity index is 1160. The highest BCUT2D eigenvalue weighted by atomic mass is 16.5. The van der Waals surface area contributed by atoms with Crippen LogP contribution in [0.25, 0.3) is 12.2 Å². The molecule has 0 unspecified atom stereocenters. The highest BCUT2D eigenvalue weighted by molar-refractivity contribution is 5.89. The fourth-order valence-corrected chi connectivity index (χ4v) is 3.90. The van der Waals surface area contributed by atoms with E-state index in [2.05, 4.69) is 37.2 Å². The summed E-state index contributed by atoms with van der Waals surface area (Å²) in [7, 11) is 1.50. The van der Waals surface area contributed by atoms with Crippen molar-refractivity contribution in [3.8, 4) is 5.75 Å². The molecule has 1 aliphatic heterocycles. The number of aliphatic hydroxyl groups is 1. The van der Waals surface area contributed by atoms with Gasteiger partial charge in [-0.05, 0) is 48.0 Å². The molecule has 0 saturated carbocycles. The Kier molecular flexibility index (Phi) is 7.92. The molecule has 4 rings (SSSR count). The summed E-state index contributed by atoms with van der Waals surface area (Å²) in [5.74, 6) is -0.0386. The molecule has 1 aromatic heterocycles. The first-order chi connectivity index (χ1) is 17.0.